The van der Waals surface area contributed by atoms with Gasteiger partial charge in [-0.15, -0.1) is 0 Å². The molecule has 0 saturated carbocycles. The zero-order valence-corrected chi connectivity index (χ0v) is 12.0. The van der Waals surface area contributed by atoms with Crippen LogP contribution in [-0.4, -0.2) is 54.9 Å². The maximum absolute atomic E-state index is 10.0. The number of nitrogens with zero attached hydrogens (tertiary/aromatic N) is 2. The van der Waals surface area contributed by atoms with E-state index in [-0.39, 0.29) is 12.5 Å². The van der Waals surface area contributed by atoms with Gasteiger partial charge < -0.3 is 24.4 Å². The minimum absolute atomic E-state index is 0.239. The van der Waals surface area contributed by atoms with E-state index in [1.54, 1.807) is 6.07 Å². The van der Waals surface area contributed by atoms with Gasteiger partial charge in [-0.05, 0) is 39.0 Å². The van der Waals surface area contributed by atoms with E-state index in [2.05, 4.69) is 16.8 Å². The Morgan fingerprint density at radius 3 is 2.65 bits per heavy atom. The second kappa shape index (κ2) is 5.89. The molecule has 3 rings (SSSR count). The maximum atomic E-state index is 10.0. The lowest BCUT2D eigenvalue weighted by atomic mass is 10.1. The van der Waals surface area contributed by atoms with Crippen molar-refractivity contribution in [1.29, 1.82) is 0 Å². The molecule has 0 radical (unpaired) electrons. The zero-order valence-electron chi connectivity index (χ0n) is 12.0. The molecule has 2 aliphatic heterocycles. The number of phenols is 1. The van der Waals surface area contributed by atoms with Gasteiger partial charge in [0, 0.05) is 31.3 Å². The van der Waals surface area contributed by atoms with Crippen molar-refractivity contribution in [2.75, 3.05) is 40.0 Å². The summed E-state index contributed by atoms with van der Waals surface area (Å²) in [5.41, 5.74) is 0.887. The van der Waals surface area contributed by atoms with Gasteiger partial charge in [-0.25, -0.2) is 0 Å². The third kappa shape index (κ3) is 2.99. The predicted molar refractivity (Wildman–Crippen MR) is 76.2 cm³/mol. The molecule has 0 amide bonds. The Hall–Kier alpha value is -1.46. The van der Waals surface area contributed by atoms with Crippen molar-refractivity contribution in [2.45, 2.75) is 19.4 Å². The Morgan fingerprint density at radius 2 is 1.90 bits per heavy atom. The van der Waals surface area contributed by atoms with Crippen LogP contribution in [-0.2, 0) is 6.54 Å². The lowest BCUT2D eigenvalue weighted by Crippen LogP contribution is -2.31. The highest BCUT2D eigenvalue weighted by atomic mass is 16.7. The van der Waals surface area contributed by atoms with Crippen LogP contribution in [0, 0.1) is 0 Å². The number of aromatic hydroxyl groups is 1. The average molecular weight is 278 g/mol. The highest BCUT2D eigenvalue weighted by Crippen LogP contribution is 2.37. The second-order valence-corrected chi connectivity index (χ2v) is 5.62. The lowest BCUT2D eigenvalue weighted by Gasteiger charge is -2.21. The fraction of sp³-hybridized carbons (Fsp3) is 0.600. The molecule has 5 heteroatoms. The van der Waals surface area contributed by atoms with Crippen molar-refractivity contribution in [3.05, 3.63) is 17.7 Å². The van der Waals surface area contributed by atoms with Crippen LogP contribution < -0.4 is 9.47 Å². The Labute approximate surface area is 119 Å². The molecule has 1 aromatic rings. The smallest absolute Gasteiger partial charge is 0.231 e. The van der Waals surface area contributed by atoms with Gasteiger partial charge in [0.25, 0.3) is 0 Å². The summed E-state index contributed by atoms with van der Waals surface area (Å²) in [6, 6.07) is 3.52. The Morgan fingerprint density at radius 1 is 1.20 bits per heavy atom. The minimum Gasteiger partial charge on any atom is -0.507 e. The van der Waals surface area contributed by atoms with E-state index in [9.17, 15) is 5.11 Å². The standard InChI is InChI=1S/C15H22N2O3/c1-16(6-7-17-4-2-3-5-17)10-12-8-14-15(9-13(12)18)20-11-19-14/h8-9,18H,2-7,10-11H2,1H3. The van der Waals surface area contributed by atoms with E-state index in [0.717, 1.165) is 30.9 Å². The van der Waals surface area contributed by atoms with Gasteiger partial charge in [-0.3, -0.25) is 0 Å². The summed E-state index contributed by atoms with van der Waals surface area (Å²) in [6.07, 6.45) is 2.65. The summed E-state index contributed by atoms with van der Waals surface area (Å²) in [5.74, 6) is 1.64. The van der Waals surface area contributed by atoms with E-state index in [1.807, 2.05) is 6.07 Å². The molecule has 110 valence electrons. The number of rotatable bonds is 5. The number of phenolic OH excluding ortho intramolecular Hbond substituents is 1. The van der Waals surface area contributed by atoms with Crippen molar-refractivity contribution in [2.24, 2.45) is 0 Å². The van der Waals surface area contributed by atoms with E-state index >= 15 is 0 Å². The van der Waals surface area contributed by atoms with Gasteiger partial charge in [0.1, 0.15) is 5.75 Å². The molecule has 0 spiro atoms. The highest BCUT2D eigenvalue weighted by Gasteiger charge is 2.18. The fourth-order valence-corrected chi connectivity index (χ4v) is 2.79. The second-order valence-electron chi connectivity index (χ2n) is 5.62. The van der Waals surface area contributed by atoms with Gasteiger partial charge in [-0.2, -0.15) is 0 Å². The van der Waals surface area contributed by atoms with Crippen molar-refractivity contribution >= 4 is 0 Å². The van der Waals surface area contributed by atoms with Crippen LogP contribution in [0.15, 0.2) is 12.1 Å². The fourth-order valence-electron chi connectivity index (χ4n) is 2.79. The van der Waals surface area contributed by atoms with Crippen molar-refractivity contribution in [3.63, 3.8) is 0 Å². The zero-order chi connectivity index (χ0) is 13.9. The van der Waals surface area contributed by atoms with Crippen LogP contribution in [0.25, 0.3) is 0 Å². The van der Waals surface area contributed by atoms with Gasteiger partial charge in [0.15, 0.2) is 11.5 Å². The first-order valence-corrected chi connectivity index (χ1v) is 7.25. The first-order chi connectivity index (χ1) is 9.72. The molecule has 1 saturated heterocycles. The third-order valence-electron chi connectivity index (χ3n) is 4.01. The molecule has 20 heavy (non-hydrogen) atoms. The van der Waals surface area contributed by atoms with E-state index < -0.39 is 0 Å². The van der Waals surface area contributed by atoms with Gasteiger partial charge in [0.05, 0.1) is 0 Å². The average Bonchev–Trinajstić information content (AvgIpc) is 3.07. The molecule has 2 heterocycles. The summed E-state index contributed by atoms with van der Waals surface area (Å²) in [5, 5.41) is 10.0. The maximum Gasteiger partial charge on any atom is 0.231 e. The minimum atomic E-state index is 0.239. The van der Waals surface area contributed by atoms with Crippen molar-refractivity contribution in [1.82, 2.24) is 9.80 Å². The number of fused-ring (bicyclic) bond motifs is 1. The number of hydrogen-bond donors (Lipinski definition) is 1. The first-order valence-electron chi connectivity index (χ1n) is 7.25. The number of likely N-dealkylation sites (N-methyl/N-ethyl adjacent to an activating group) is 1. The van der Waals surface area contributed by atoms with Crippen LogP contribution in [0.2, 0.25) is 0 Å². The first kappa shape index (κ1) is 13.5. The molecule has 5 nitrogen and oxygen atoms in total. The summed E-state index contributed by atoms with van der Waals surface area (Å²) in [7, 11) is 2.08. The van der Waals surface area contributed by atoms with Crippen molar-refractivity contribution in [3.8, 4) is 17.2 Å². The summed E-state index contributed by atoms with van der Waals surface area (Å²) in [4.78, 5) is 4.73. The molecular formula is C15H22N2O3. The molecule has 0 unspecified atom stereocenters. The number of hydrogen-bond acceptors (Lipinski definition) is 5. The molecule has 1 aromatic carbocycles. The Balaban J connectivity index is 1.56. The SMILES string of the molecule is CN(CCN1CCCC1)Cc1cc2c(cc1O)OCO2. The topological polar surface area (TPSA) is 45.2 Å². The van der Waals surface area contributed by atoms with E-state index in [4.69, 9.17) is 9.47 Å². The van der Waals surface area contributed by atoms with Crippen LogP contribution in [0.5, 0.6) is 17.2 Å². The lowest BCUT2D eigenvalue weighted by molar-refractivity contribution is 0.174. The summed E-state index contributed by atoms with van der Waals surface area (Å²) < 4.78 is 10.6. The summed E-state index contributed by atoms with van der Waals surface area (Å²) >= 11 is 0. The number of ether oxygens (including phenoxy) is 2. The van der Waals surface area contributed by atoms with Gasteiger partial charge in [0.2, 0.25) is 6.79 Å². The Bertz CT molecular complexity index is 472. The van der Waals surface area contributed by atoms with Crippen LogP contribution in [0.3, 0.4) is 0 Å². The number of likely N-dealkylation sites (tertiary alicyclic amines) is 1. The van der Waals surface area contributed by atoms with E-state index in [1.165, 1.54) is 25.9 Å². The molecular weight excluding hydrogens is 256 g/mol. The molecule has 0 atom stereocenters. The molecule has 2 aliphatic rings. The van der Waals surface area contributed by atoms with Crippen LogP contribution in [0.1, 0.15) is 18.4 Å². The van der Waals surface area contributed by atoms with Crippen molar-refractivity contribution < 1.29 is 14.6 Å². The summed E-state index contributed by atoms with van der Waals surface area (Å²) in [6.45, 7) is 5.52. The largest absolute Gasteiger partial charge is 0.507 e. The molecule has 0 aromatic heterocycles. The van der Waals surface area contributed by atoms with Gasteiger partial charge >= 0.3 is 0 Å². The Kier molecular flexibility index (Phi) is 3.98. The van der Waals surface area contributed by atoms with Gasteiger partial charge in [-0.1, -0.05) is 0 Å². The monoisotopic (exact) mass is 278 g/mol. The van der Waals surface area contributed by atoms with E-state index in [0.29, 0.717) is 5.75 Å². The molecule has 0 aliphatic carbocycles. The third-order valence-corrected chi connectivity index (χ3v) is 4.01. The predicted octanol–water partition coefficient (Wildman–Crippen LogP) is 1.65. The highest BCUT2D eigenvalue weighted by molar-refractivity contribution is 5.51. The quantitative estimate of drug-likeness (QED) is 0.887. The van der Waals surface area contributed by atoms with Crippen LogP contribution in [0.4, 0.5) is 0 Å². The van der Waals surface area contributed by atoms with Crippen LogP contribution >= 0.6 is 0 Å². The number of benzene rings is 1. The normalized spacial score (nSPS) is 18.1. The molecule has 0 bridgehead atoms. The molecule has 1 N–H and O–H groups in total. The molecule has 1 fully saturated rings.